The van der Waals surface area contributed by atoms with Gasteiger partial charge in [-0.3, -0.25) is 0 Å². The van der Waals surface area contributed by atoms with Gasteiger partial charge in [-0.1, -0.05) is 35.3 Å². The van der Waals surface area contributed by atoms with Crippen molar-refractivity contribution < 1.29 is 0 Å². The first-order valence-corrected chi connectivity index (χ1v) is 7.74. The van der Waals surface area contributed by atoms with E-state index in [-0.39, 0.29) is 6.04 Å². The highest BCUT2D eigenvalue weighted by molar-refractivity contribution is 9.10. The van der Waals surface area contributed by atoms with E-state index in [1.54, 1.807) is 0 Å². The highest BCUT2D eigenvalue weighted by atomic mass is 79.9. The molecule has 1 aromatic carbocycles. The van der Waals surface area contributed by atoms with Crippen molar-refractivity contribution in [2.24, 2.45) is 5.73 Å². The number of nitrogens with zero attached hydrogens (tertiary/aromatic N) is 1. The molecule has 100 valence electrons. The summed E-state index contributed by atoms with van der Waals surface area (Å²) in [5.41, 5.74) is 8.47. The van der Waals surface area contributed by atoms with Gasteiger partial charge in [-0.05, 0) is 43.9 Å². The SMILES string of the molecule is CCCCN(c1ccc(C(C)N)c(Br)c1)C1CC1. The van der Waals surface area contributed by atoms with Crippen molar-refractivity contribution in [3.63, 3.8) is 0 Å². The topological polar surface area (TPSA) is 29.3 Å². The molecule has 0 aliphatic heterocycles. The first-order chi connectivity index (χ1) is 8.63. The van der Waals surface area contributed by atoms with E-state index in [0.29, 0.717) is 0 Å². The van der Waals surface area contributed by atoms with Crippen LogP contribution in [0.1, 0.15) is 51.1 Å². The summed E-state index contributed by atoms with van der Waals surface area (Å²) in [5, 5.41) is 0. The van der Waals surface area contributed by atoms with Crippen molar-refractivity contribution in [3.05, 3.63) is 28.2 Å². The second-order valence-corrected chi connectivity index (χ2v) is 6.13. The van der Waals surface area contributed by atoms with Crippen LogP contribution in [0.2, 0.25) is 0 Å². The van der Waals surface area contributed by atoms with Gasteiger partial charge in [0, 0.05) is 28.8 Å². The average molecular weight is 311 g/mol. The van der Waals surface area contributed by atoms with Gasteiger partial charge in [0.25, 0.3) is 0 Å². The standard InChI is InChI=1S/C15H23BrN2/c1-3-4-9-18(12-5-6-12)13-7-8-14(11(2)17)15(16)10-13/h7-8,10-12H,3-6,9,17H2,1-2H3. The molecule has 0 amide bonds. The van der Waals surface area contributed by atoms with Gasteiger partial charge < -0.3 is 10.6 Å². The molecule has 1 aliphatic carbocycles. The highest BCUT2D eigenvalue weighted by Gasteiger charge is 2.29. The van der Waals surface area contributed by atoms with Crippen LogP contribution in [0.5, 0.6) is 0 Å². The van der Waals surface area contributed by atoms with Crippen LogP contribution in [0.25, 0.3) is 0 Å². The third-order valence-electron chi connectivity index (χ3n) is 3.55. The third kappa shape index (κ3) is 3.27. The Hall–Kier alpha value is -0.540. The minimum absolute atomic E-state index is 0.0819. The summed E-state index contributed by atoms with van der Waals surface area (Å²) in [6.07, 6.45) is 5.21. The molecule has 1 unspecified atom stereocenters. The Morgan fingerprint density at radius 3 is 2.67 bits per heavy atom. The molecular formula is C15H23BrN2. The molecule has 0 bridgehead atoms. The molecule has 2 N–H and O–H groups in total. The zero-order chi connectivity index (χ0) is 13.1. The summed E-state index contributed by atoms with van der Waals surface area (Å²) in [6.45, 7) is 5.45. The maximum Gasteiger partial charge on any atom is 0.0380 e. The van der Waals surface area contributed by atoms with Gasteiger partial charge in [0.05, 0.1) is 0 Å². The van der Waals surface area contributed by atoms with E-state index in [4.69, 9.17) is 5.73 Å². The molecule has 1 atom stereocenters. The molecule has 0 saturated heterocycles. The monoisotopic (exact) mass is 310 g/mol. The number of rotatable bonds is 6. The van der Waals surface area contributed by atoms with Crippen LogP contribution >= 0.6 is 15.9 Å². The van der Waals surface area contributed by atoms with Crippen molar-refractivity contribution in [1.29, 1.82) is 0 Å². The molecule has 0 heterocycles. The normalized spacial score (nSPS) is 16.7. The van der Waals surface area contributed by atoms with E-state index in [9.17, 15) is 0 Å². The van der Waals surface area contributed by atoms with Crippen molar-refractivity contribution >= 4 is 21.6 Å². The molecule has 1 aromatic rings. The molecule has 1 aliphatic rings. The van der Waals surface area contributed by atoms with Gasteiger partial charge in [0.1, 0.15) is 0 Å². The van der Waals surface area contributed by atoms with Crippen LogP contribution in [-0.4, -0.2) is 12.6 Å². The van der Waals surface area contributed by atoms with Crippen LogP contribution in [0, 0.1) is 0 Å². The fourth-order valence-electron chi connectivity index (χ4n) is 2.30. The van der Waals surface area contributed by atoms with Gasteiger partial charge in [-0.2, -0.15) is 0 Å². The zero-order valence-corrected chi connectivity index (χ0v) is 12.9. The average Bonchev–Trinajstić information content (AvgIpc) is 3.13. The Kier molecular flexibility index (Phi) is 4.68. The number of benzene rings is 1. The molecule has 1 fully saturated rings. The number of hydrogen-bond acceptors (Lipinski definition) is 2. The molecule has 1 saturated carbocycles. The lowest BCUT2D eigenvalue weighted by molar-refractivity contribution is 0.712. The van der Waals surface area contributed by atoms with Gasteiger partial charge in [-0.25, -0.2) is 0 Å². The molecule has 18 heavy (non-hydrogen) atoms. The zero-order valence-electron chi connectivity index (χ0n) is 11.3. The van der Waals surface area contributed by atoms with Crippen molar-refractivity contribution in [2.75, 3.05) is 11.4 Å². The molecule has 3 heteroatoms. The fourth-order valence-corrected chi connectivity index (χ4v) is 3.03. The van der Waals surface area contributed by atoms with Gasteiger partial charge >= 0.3 is 0 Å². The van der Waals surface area contributed by atoms with Crippen molar-refractivity contribution in [2.45, 2.75) is 51.6 Å². The molecule has 0 aromatic heterocycles. The maximum atomic E-state index is 5.95. The summed E-state index contributed by atoms with van der Waals surface area (Å²) in [4.78, 5) is 2.55. The third-order valence-corrected chi connectivity index (χ3v) is 4.23. The van der Waals surface area contributed by atoms with Crippen molar-refractivity contribution in [3.8, 4) is 0 Å². The molecule has 0 spiro atoms. The van der Waals surface area contributed by atoms with Crippen LogP contribution in [0.4, 0.5) is 5.69 Å². The Morgan fingerprint density at radius 2 is 2.17 bits per heavy atom. The number of unbranched alkanes of at least 4 members (excludes halogenated alkanes) is 1. The minimum atomic E-state index is 0.0819. The Morgan fingerprint density at radius 1 is 1.44 bits per heavy atom. The number of nitrogens with two attached hydrogens (primary N) is 1. The van der Waals surface area contributed by atoms with E-state index in [1.807, 2.05) is 6.92 Å². The Labute approximate surface area is 119 Å². The summed E-state index contributed by atoms with van der Waals surface area (Å²) >= 11 is 3.65. The molecular weight excluding hydrogens is 288 g/mol. The van der Waals surface area contributed by atoms with E-state index < -0.39 is 0 Å². The van der Waals surface area contributed by atoms with E-state index in [1.165, 1.54) is 43.5 Å². The summed E-state index contributed by atoms with van der Waals surface area (Å²) in [6, 6.07) is 7.46. The Bertz CT molecular complexity index is 399. The van der Waals surface area contributed by atoms with E-state index >= 15 is 0 Å². The predicted molar refractivity (Wildman–Crippen MR) is 82.0 cm³/mol. The molecule has 2 rings (SSSR count). The lowest BCUT2D eigenvalue weighted by atomic mass is 10.1. The second-order valence-electron chi connectivity index (χ2n) is 5.27. The smallest absolute Gasteiger partial charge is 0.0380 e. The minimum Gasteiger partial charge on any atom is -0.369 e. The summed E-state index contributed by atoms with van der Waals surface area (Å²) in [7, 11) is 0. The largest absolute Gasteiger partial charge is 0.369 e. The predicted octanol–water partition coefficient (Wildman–Crippen LogP) is 4.24. The van der Waals surface area contributed by atoms with E-state index in [0.717, 1.165) is 10.5 Å². The lowest BCUT2D eigenvalue weighted by Gasteiger charge is -2.25. The van der Waals surface area contributed by atoms with Crippen LogP contribution in [0.3, 0.4) is 0 Å². The van der Waals surface area contributed by atoms with Gasteiger partial charge in [0.2, 0.25) is 0 Å². The second kappa shape index (κ2) is 6.07. The number of halogens is 1. The maximum absolute atomic E-state index is 5.95. The summed E-state index contributed by atoms with van der Waals surface area (Å²) in [5.74, 6) is 0. The summed E-state index contributed by atoms with van der Waals surface area (Å²) < 4.78 is 1.14. The quantitative estimate of drug-likeness (QED) is 0.851. The number of anilines is 1. The first-order valence-electron chi connectivity index (χ1n) is 6.95. The van der Waals surface area contributed by atoms with E-state index in [2.05, 4.69) is 46.0 Å². The number of hydrogen-bond donors (Lipinski definition) is 1. The first kappa shape index (κ1) is 13.9. The van der Waals surface area contributed by atoms with Crippen LogP contribution < -0.4 is 10.6 Å². The Balaban J connectivity index is 2.17. The fraction of sp³-hybridized carbons (Fsp3) is 0.600. The van der Waals surface area contributed by atoms with Crippen molar-refractivity contribution in [1.82, 2.24) is 0 Å². The van der Waals surface area contributed by atoms with Crippen LogP contribution in [0.15, 0.2) is 22.7 Å². The lowest BCUT2D eigenvalue weighted by Crippen LogP contribution is -2.26. The highest BCUT2D eigenvalue weighted by Crippen LogP contribution is 2.34. The van der Waals surface area contributed by atoms with Gasteiger partial charge in [-0.15, -0.1) is 0 Å². The molecule has 2 nitrogen and oxygen atoms in total. The molecule has 0 radical (unpaired) electrons. The van der Waals surface area contributed by atoms with Crippen LogP contribution in [-0.2, 0) is 0 Å². The van der Waals surface area contributed by atoms with Gasteiger partial charge in [0.15, 0.2) is 0 Å².